The van der Waals surface area contributed by atoms with Gasteiger partial charge in [0.25, 0.3) is 5.91 Å². The van der Waals surface area contributed by atoms with Crippen LogP contribution in [0.3, 0.4) is 0 Å². The van der Waals surface area contributed by atoms with Gasteiger partial charge in [-0.05, 0) is 31.2 Å². The van der Waals surface area contributed by atoms with Crippen molar-refractivity contribution >= 4 is 29.3 Å². The molecule has 0 unspecified atom stereocenters. The van der Waals surface area contributed by atoms with Gasteiger partial charge in [-0.25, -0.2) is 9.48 Å². The first-order chi connectivity index (χ1) is 12.6. The molecule has 3 aromatic rings. The summed E-state index contributed by atoms with van der Waals surface area (Å²) in [4.78, 5) is 24.9. The van der Waals surface area contributed by atoms with Crippen molar-refractivity contribution in [2.45, 2.75) is 6.92 Å². The number of nitrogens with zero attached hydrogens (tertiary/aromatic N) is 2. The Morgan fingerprint density at radius 2 is 1.77 bits per heavy atom. The highest BCUT2D eigenvalue weighted by atomic mass is 35.5. The van der Waals surface area contributed by atoms with Crippen molar-refractivity contribution in [3.8, 4) is 5.69 Å². The van der Waals surface area contributed by atoms with Crippen LogP contribution in [0.4, 0.5) is 5.82 Å². The zero-order valence-electron chi connectivity index (χ0n) is 14.0. The minimum atomic E-state index is -0.566. The lowest BCUT2D eigenvalue weighted by Gasteiger charge is -2.11. The number of hydrogen-bond donors (Lipinski definition) is 1. The molecular weight excluding hydrogens is 354 g/mol. The van der Waals surface area contributed by atoms with Gasteiger partial charge in [0.15, 0.2) is 5.82 Å². The number of esters is 1. The molecule has 2 aromatic carbocycles. The van der Waals surface area contributed by atoms with Crippen LogP contribution in [0.15, 0.2) is 60.8 Å². The van der Waals surface area contributed by atoms with Gasteiger partial charge in [-0.15, -0.1) is 0 Å². The summed E-state index contributed by atoms with van der Waals surface area (Å²) in [7, 11) is 0. The highest BCUT2D eigenvalue weighted by molar-refractivity contribution is 6.34. The SMILES string of the molecule is CCOC(=O)c1cnn(-c2ccccc2)c1NC(=O)c1ccccc1Cl. The van der Waals surface area contributed by atoms with E-state index in [1.54, 1.807) is 31.2 Å². The van der Waals surface area contributed by atoms with E-state index in [1.807, 2.05) is 30.3 Å². The predicted molar refractivity (Wildman–Crippen MR) is 98.9 cm³/mol. The van der Waals surface area contributed by atoms with Crippen LogP contribution in [-0.2, 0) is 4.74 Å². The van der Waals surface area contributed by atoms with Crippen molar-refractivity contribution in [2.75, 3.05) is 11.9 Å². The Bertz CT molecular complexity index is 938. The summed E-state index contributed by atoms with van der Waals surface area (Å²) >= 11 is 6.09. The van der Waals surface area contributed by atoms with E-state index >= 15 is 0 Å². The van der Waals surface area contributed by atoms with E-state index in [1.165, 1.54) is 10.9 Å². The number of halogens is 1. The minimum Gasteiger partial charge on any atom is -0.462 e. The molecule has 1 aromatic heterocycles. The number of carbonyl (C=O) groups is 2. The third kappa shape index (κ3) is 3.60. The van der Waals surface area contributed by atoms with E-state index in [4.69, 9.17) is 16.3 Å². The highest BCUT2D eigenvalue weighted by Crippen LogP contribution is 2.23. The molecule has 0 atom stereocenters. The lowest BCUT2D eigenvalue weighted by Crippen LogP contribution is -2.18. The average Bonchev–Trinajstić information content (AvgIpc) is 3.06. The zero-order chi connectivity index (χ0) is 18.5. The monoisotopic (exact) mass is 369 g/mol. The summed E-state index contributed by atoms with van der Waals surface area (Å²) in [5.74, 6) is -0.789. The van der Waals surface area contributed by atoms with E-state index in [0.717, 1.165) is 0 Å². The van der Waals surface area contributed by atoms with Crippen molar-refractivity contribution < 1.29 is 14.3 Å². The second-order valence-electron chi connectivity index (χ2n) is 5.31. The summed E-state index contributed by atoms with van der Waals surface area (Å²) in [6.45, 7) is 1.93. The largest absolute Gasteiger partial charge is 0.462 e. The van der Waals surface area contributed by atoms with Gasteiger partial charge < -0.3 is 10.1 Å². The maximum Gasteiger partial charge on any atom is 0.343 e. The van der Waals surface area contributed by atoms with Crippen molar-refractivity contribution in [1.82, 2.24) is 9.78 Å². The Balaban J connectivity index is 2.03. The standard InChI is InChI=1S/C19H16ClN3O3/c1-2-26-19(25)15-12-21-23(13-8-4-3-5-9-13)17(15)22-18(24)14-10-6-7-11-16(14)20/h3-12H,2H2,1H3,(H,22,24). The molecule has 1 amide bonds. The Morgan fingerprint density at radius 1 is 1.08 bits per heavy atom. The van der Waals surface area contributed by atoms with Gasteiger partial charge in [-0.1, -0.05) is 41.9 Å². The van der Waals surface area contributed by atoms with Crippen LogP contribution in [0.1, 0.15) is 27.6 Å². The number of nitrogens with one attached hydrogen (secondary N) is 1. The van der Waals surface area contributed by atoms with Gasteiger partial charge in [0.05, 0.1) is 29.1 Å². The Hall–Kier alpha value is -3.12. The third-order valence-electron chi connectivity index (χ3n) is 3.62. The van der Waals surface area contributed by atoms with Crippen molar-refractivity contribution in [3.63, 3.8) is 0 Å². The fraction of sp³-hybridized carbons (Fsp3) is 0.105. The Labute approximate surface area is 155 Å². The quantitative estimate of drug-likeness (QED) is 0.691. The summed E-state index contributed by atoms with van der Waals surface area (Å²) in [5.41, 5.74) is 1.15. The maximum atomic E-state index is 12.7. The Kier molecular flexibility index (Phi) is 5.34. The van der Waals surface area contributed by atoms with E-state index in [-0.39, 0.29) is 18.0 Å². The molecule has 3 rings (SSSR count). The number of hydrogen-bond acceptors (Lipinski definition) is 4. The molecule has 1 N–H and O–H groups in total. The molecule has 0 saturated heterocycles. The summed E-state index contributed by atoms with van der Waals surface area (Å²) < 4.78 is 6.53. The van der Waals surface area contributed by atoms with Crippen LogP contribution in [0.25, 0.3) is 5.69 Å². The van der Waals surface area contributed by atoms with Crippen LogP contribution < -0.4 is 5.32 Å². The normalized spacial score (nSPS) is 10.4. The van der Waals surface area contributed by atoms with E-state index in [0.29, 0.717) is 16.3 Å². The number of carbonyl (C=O) groups excluding carboxylic acids is 2. The molecule has 0 bridgehead atoms. The van der Waals surface area contributed by atoms with Crippen LogP contribution in [-0.4, -0.2) is 28.3 Å². The van der Waals surface area contributed by atoms with Crippen LogP contribution >= 0.6 is 11.6 Å². The molecule has 0 aliphatic rings. The molecule has 26 heavy (non-hydrogen) atoms. The zero-order valence-corrected chi connectivity index (χ0v) is 14.7. The molecule has 0 saturated carbocycles. The van der Waals surface area contributed by atoms with Crippen LogP contribution in [0.2, 0.25) is 5.02 Å². The van der Waals surface area contributed by atoms with Gasteiger partial charge in [0.1, 0.15) is 5.56 Å². The number of benzene rings is 2. The summed E-state index contributed by atoms with van der Waals surface area (Å²) in [6, 6.07) is 15.8. The number of anilines is 1. The number of aromatic nitrogens is 2. The molecule has 0 fully saturated rings. The molecule has 1 heterocycles. The summed E-state index contributed by atoms with van der Waals surface area (Å²) in [5, 5.41) is 7.27. The van der Waals surface area contributed by atoms with Crippen LogP contribution in [0, 0.1) is 0 Å². The lowest BCUT2D eigenvalue weighted by molar-refractivity contribution is 0.0527. The van der Waals surface area contributed by atoms with Crippen molar-refractivity contribution in [3.05, 3.63) is 76.9 Å². The number of para-hydroxylation sites is 1. The number of ether oxygens (including phenoxy) is 1. The molecule has 7 heteroatoms. The lowest BCUT2D eigenvalue weighted by atomic mass is 10.2. The maximum absolute atomic E-state index is 12.7. The third-order valence-corrected chi connectivity index (χ3v) is 3.95. The first kappa shape index (κ1) is 17.7. The summed E-state index contributed by atoms with van der Waals surface area (Å²) in [6.07, 6.45) is 1.37. The highest BCUT2D eigenvalue weighted by Gasteiger charge is 2.22. The molecule has 6 nitrogen and oxygen atoms in total. The Morgan fingerprint density at radius 3 is 2.46 bits per heavy atom. The van der Waals surface area contributed by atoms with Gasteiger partial charge in [0, 0.05) is 0 Å². The van der Waals surface area contributed by atoms with E-state index in [9.17, 15) is 9.59 Å². The van der Waals surface area contributed by atoms with E-state index in [2.05, 4.69) is 10.4 Å². The molecular formula is C19H16ClN3O3. The van der Waals surface area contributed by atoms with E-state index < -0.39 is 11.9 Å². The second kappa shape index (κ2) is 7.84. The number of rotatable bonds is 5. The van der Waals surface area contributed by atoms with Gasteiger partial charge in [-0.3, -0.25) is 4.79 Å². The average molecular weight is 370 g/mol. The topological polar surface area (TPSA) is 73.2 Å². The molecule has 0 radical (unpaired) electrons. The fourth-order valence-corrected chi connectivity index (χ4v) is 2.63. The minimum absolute atomic E-state index is 0.163. The first-order valence-electron chi connectivity index (χ1n) is 7.98. The van der Waals surface area contributed by atoms with Gasteiger partial charge in [0.2, 0.25) is 0 Å². The van der Waals surface area contributed by atoms with Crippen LogP contribution in [0.5, 0.6) is 0 Å². The fourth-order valence-electron chi connectivity index (χ4n) is 2.41. The van der Waals surface area contributed by atoms with Crippen molar-refractivity contribution in [1.29, 1.82) is 0 Å². The molecule has 0 aliphatic heterocycles. The van der Waals surface area contributed by atoms with Gasteiger partial charge >= 0.3 is 5.97 Å². The van der Waals surface area contributed by atoms with Gasteiger partial charge in [-0.2, -0.15) is 5.10 Å². The first-order valence-corrected chi connectivity index (χ1v) is 8.36. The molecule has 0 aliphatic carbocycles. The smallest absolute Gasteiger partial charge is 0.343 e. The van der Waals surface area contributed by atoms with Crippen molar-refractivity contribution in [2.24, 2.45) is 0 Å². The second-order valence-corrected chi connectivity index (χ2v) is 5.72. The molecule has 132 valence electrons. The number of amides is 1. The predicted octanol–water partition coefficient (Wildman–Crippen LogP) is 3.95. The molecule has 0 spiro atoms.